The molecule has 1 heterocycles. The van der Waals surface area contributed by atoms with Gasteiger partial charge >= 0.3 is 0 Å². The van der Waals surface area contributed by atoms with Gasteiger partial charge in [-0.3, -0.25) is 19.8 Å². The second-order valence-corrected chi connectivity index (χ2v) is 5.92. The molecule has 8 heteroatoms. The van der Waals surface area contributed by atoms with Gasteiger partial charge < -0.3 is 4.90 Å². The summed E-state index contributed by atoms with van der Waals surface area (Å²) >= 11 is 0. The Hall–Kier alpha value is -2.97. The number of nitro groups is 1. The summed E-state index contributed by atoms with van der Waals surface area (Å²) in [6.07, 6.45) is 0.936. The molecule has 0 saturated carbocycles. The van der Waals surface area contributed by atoms with Gasteiger partial charge in [0, 0.05) is 56.8 Å². The Morgan fingerprint density at radius 2 is 1.84 bits per heavy atom. The van der Waals surface area contributed by atoms with Gasteiger partial charge in [-0.2, -0.15) is 10.5 Å². The van der Waals surface area contributed by atoms with E-state index in [4.69, 9.17) is 10.5 Å². The topological polar surface area (TPSA) is 114 Å². The molecule has 1 atom stereocenters. The number of piperazine rings is 1. The molecule has 1 saturated heterocycles. The van der Waals surface area contributed by atoms with Crippen LogP contribution in [0.5, 0.6) is 0 Å². The van der Waals surface area contributed by atoms with Crippen molar-refractivity contribution in [1.82, 2.24) is 9.80 Å². The summed E-state index contributed by atoms with van der Waals surface area (Å²) < 4.78 is 0. The lowest BCUT2D eigenvalue weighted by Gasteiger charge is -2.35. The van der Waals surface area contributed by atoms with Crippen LogP contribution in [0.3, 0.4) is 0 Å². The van der Waals surface area contributed by atoms with E-state index in [2.05, 4.69) is 17.0 Å². The van der Waals surface area contributed by atoms with Crippen molar-refractivity contribution in [1.29, 1.82) is 10.5 Å². The van der Waals surface area contributed by atoms with Gasteiger partial charge in [0.05, 0.1) is 23.0 Å². The van der Waals surface area contributed by atoms with Gasteiger partial charge in [0.25, 0.3) is 11.6 Å². The average Bonchev–Trinajstić information content (AvgIpc) is 2.65. The minimum Gasteiger partial charge on any atom is -0.336 e. The minimum atomic E-state index is -0.495. The van der Waals surface area contributed by atoms with Crippen molar-refractivity contribution in [3.05, 3.63) is 39.9 Å². The van der Waals surface area contributed by atoms with Crippen LogP contribution in [0.15, 0.2) is 24.3 Å². The van der Waals surface area contributed by atoms with Crippen LogP contribution in [0.25, 0.3) is 0 Å². The Bertz CT molecular complexity index is 696. The number of nitro benzene ring substituents is 1. The fourth-order valence-corrected chi connectivity index (χ4v) is 2.79. The number of hydrogen-bond acceptors (Lipinski definition) is 6. The maximum Gasteiger partial charge on any atom is 0.269 e. The number of carbonyl (C=O) groups excluding carboxylic acids is 1. The van der Waals surface area contributed by atoms with Crippen LogP contribution in [0.4, 0.5) is 5.69 Å². The SMILES string of the molecule is N#CCCC(C#N)CN1CCN(C(=O)c2ccc([N+](=O)[O-])cc2)CC1. The van der Waals surface area contributed by atoms with E-state index < -0.39 is 4.92 Å². The van der Waals surface area contributed by atoms with E-state index in [0.29, 0.717) is 51.1 Å². The molecule has 1 aromatic rings. The smallest absolute Gasteiger partial charge is 0.269 e. The largest absolute Gasteiger partial charge is 0.336 e. The number of nitriles is 2. The Kier molecular flexibility index (Phi) is 6.44. The molecule has 1 unspecified atom stereocenters. The maximum atomic E-state index is 12.5. The Morgan fingerprint density at radius 1 is 1.20 bits per heavy atom. The highest BCUT2D eigenvalue weighted by molar-refractivity contribution is 5.94. The summed E-state index contributed by atoms with van der Waals surface area (Å²) in [5.74, 6) is -0.313. The number of non-ortho nitro benzene ring substituents is 1. The number of hydrogen-bond donors (Lipinski definition) is 0. The third kappa shape index (κ3) is 5.00. The third-order valence-electron chi connectivity index (χ3n) is 4.25. The Balaban J connectivity index is 1.87. The van der Waals surface area contributed by atoms with Gasteiger partial charge in [-0.25, -0.2) is 0 Å². The lowest BCUT2D eigenvalue weighted by atomic mass is 10.0. The zero-order chi connectivity index (χ0) is 18.2. The van der Waals surface area contributed by atoms with E-state index >= 15 is 0 Å². The number of carbonyl (C=O) groups is 1. The van der Waals surface area contributed by atoms with Crippen LogP contribution in [-0.2, 0) is 0 Å². The Labute approximate surface area is 146 Å². The quantitative estimate of drug-likeness (QED) is 0.575. The first kappa shape index (κ1) is 18.4. The van der Waals surface area contributed by atoms with Gasteiger partial charge in [0.1, 0.15) is 0 Å². The molecular weight excluding hydrogens is 322 g/mol. The second-order valence-electron chi connectivity index (χ2n) is 5.92. The molecule has 0 spiro atoms. The summed E-state index contributed by atoms with van der Waals surface area (Å²) in [6.45, 7) is 3.04. The van der Waals surface area contributed by atoms with Crippen LogP contribution >= 0.6 is 0 Å². The first-order valence-electron chi connectivity index (χ1n) is 8.07. The van der Waals surface area contributed by atoms with Crippen molar-refractivity contribution in [2.75, 3.05) is 32.7 Å². The standard InChI is InChI=1S/C17H19N5O3/c18-7-1-2-14(12-19)13-20-8-10-21(11-9-20)17(23)15-3-5-16(6-4-15)22(24)25/h3-6,14H,1-2,8-11,13H2. The van der Waals surface area contributed by atoms with Crippen LogP contribution in [-0.4, -0.2) is 53.4 Å². The molecule has 1 aliphatic heterocycles. The highest BCUT2D eigenvalue weighted by Gasteiger charge is 2.24. The molecule has 0 N–H and O–H groups in total. The van der Waals surface area contributed by atoms with E-state index in [1.807, 2.05) is 0 Å². The van der Waals surface area contributed by atoms with Gasteiger partial charge in [-0.1, -0.05) is 0 Å². The molecule has 1 aromatic carbocycles. The van der Waals surface area contributed by atoms with Crippen molar-refractivity contribution in [3.8, 4) is 12.1 Å². The van der Waals surface area contributed by atoms with Crippen molar-refractivity contribution in [2.45, 2.75) is 12.8 Å². The lowest BCUT2D eigenvalue weighted by Crippen LogP contribution is -2.49. The van der Waals surface area contributed by atoms with Gasteiger partial charge in [-0.15, -0.1) is 0 Å². The monoisotopic (exact) mass is 341 g/mol. The minimum absolute atomic E-state index is 0.0405. The van der Waals surface area contributed by atoms with E-state index in [9.17, 15) is 14.9 Å². The summed E-state index contributed by atoms with van der Waals surface area (Å²) in [4.78, 5) is 26.5. The number of rotatable bonds is 6. The van der Waals surface area contributed by atoms with E-state index in [1.165, 1.54) is 24.3 Å². The molecule has 8 nitrogen and oxygen atoms in total. The first-order valence-corrected chi connectivity index (χ1v) is 8.07. The molecule has 0 bridgehead atoms. The predicted molar refractivity (Wildman–Crippen MR) is 89.4 cm³/mol. The lowest BCUT2D eigenvalue weighted by molar-refractivity contribution is -0.384. The maximum absolute atomic E-state index is 12.5. The highest BCUT2D eigenvalue weighted by atomic mass is 16.6. The summed E-state index contributed by atoms with van der Waals surface area (Å²) in [6, 6.07) is 9.89. The molecule has 1 amide bonds. The number of amides is 1. The number of nitrogens with zero attached hydrogens (tertiary/aromatic N) is 5. The molecule has 0 aliphatic carbocycles. The fourth-order valence-electron chi connectivity index (χ4n) is 2.79. The van der Waals surface area contributed by atoms with Crippen LogP contribution in [0, 0.1) is 38.7 Å². The summed E-state index contributed by atoms with van der Waals surface area (Å²) in [5, 5.41) is 28.4. The zero-order valence-electron chi connectivity index (χ0n) is 13.8. The normalized spacial score (nSPS) is 15.8. The van der Waals surface area contributed by atoms with Crippen molar-refractivity contribution in [2.24, 2.45) is 5.92 Å². The second kappa shape index (κ2) is 8.76. The number of benzene rings is 1. The van der Waals surface area contributed by atoms with Crippen molar-refractivity contribution < 1.29 is 9.72 Å². The zero-order valence-corrected chi connectivity index (χ0v) is 13.8. The van der Waals surface area contributed by atoms with Crippen LogP contribution in [0.1, 0.15) is 23.2 Å². The molecule has 25 heavy (non-hydrogen) atoms. The highest BCUT2D eigenvalue weighted by Crippen LogP contribution is 2.15. The van der Waals surface area contributed by atoms with Crippen LogP contribution in [0.2, 0.25) is 0 Å². The van der Waals surface area contributed by atoms with Crippen molar-refractivity contribution >= 4 is 11.6 Å². The molecule has 1 aliphatic rings. The van der Waals surface area contributed by atoms with E-state index in [-0.39, 0.29) is 17.5 Å². The summed E-state index contributed by atoms with van der Waals surface area (Å²) in [5.41, 5.74) is 0.393. The average molecular weight is 341 g/mol. The van der Waals surface area contributed by atoms with Gasteiger partial charge in [0.15, 0.2) is 0 Å². The van der Waals surface area contributed by atoms with Gasteiger partial charge in [0.2, 0.25) is 0 Å². The summed E-state index contributed by atoms with van der Waals surface area (Å²) in [7, 11) is 0. The van der Waals surface area contributed by atoms with E-state index in [0.717, 1.165) is 0 Å². The molecule has 1 fully saturated rings. The van der Waals surface area contributed by atoms with E-state index in [1.54, 1.807) is 4.90 Å². The molecule has 2 rings (SSSR count). The molecule has 0 aromatic heterocycles. The first-order chi connectivity index (χ1) is 12.0. The third-order valence-corrected chi connectivity index (χ3v) is 4.25. The van der Waals surface area contributed by atoms with Crippen LogP contribution < -0.4 is 0 Å². The Morgan fingerprint density at radius 3 is 2.36 bits per heavy atom. The predicted octanol–water partition coefficient (Wildman–Crippen LogP) is 1.80. The fraction of sp³-hybridized carbons (Fsp3) is 0.471. The molecular formula is C17H19N5O3. The van der Waals surface area contributed by atoms with Gasteiger partial charge in [-0.05, 0) is 18.6 Å². The molecule has 130 valence electrons. The van der Waals surface area contributed by atoms with Crippen molar-refractivity contribution in [3.63, 3.8) is 0 Å². The molecule has 0 radical (unpaired) electrons.